The van der Waals surface area contributed by atoms with Crippen molar-refractivity contribution in [2.24, 2.45) is 23.1 Å². The Morgan fingerprint density at radius 2 is 1.61 bits per heavy atom. The molecule has 2 aromatic rings. The number of likely N-dealkylation sites (tertiary alicyclic amines) is 1. The quantitative estimate of drug-likeness (QED) is 0.385. The summed E-state index contributed by atoms with van der Waals surface area (Å²) in [6.45, 7) is 7.64. The van der Waals surface area contributed by atoms with Crippen molar-refractivity contribution in [2.45, 2.75) is 44.9 Å². The normalized spacial score (nSPS) is 17.6. The van der Waals surface area contributed by atoms with Crippen molar-refractivity contribution in [2.75, 3.05) is 44.6 Å². The fourth-order valence-electron chi connectivity index (χ4n) is 4.89. The predicted octanol–water partition coefficient (Wildman–Crippen LogP) is 0.101. The third-order valence-corrected chi connectivity index (χ3v) is 7.24. The Morgan fingerprint density at radius 3 is 2.16 bits per heavy atom. The van der Waals surface area contributed by atoms with Gasteiger partial charge < -0.3 is 27.0 Å². The maximum Gasteiger partial charge on any atom is 0.354 e. The van der Waals surface area contributed by atoms with Crippen LogP contribution in [0.5, 0.6) is 0 Å². The molecule has 1 aromatic heterocycles. The van der Waals surface area contributed by atoms with E-state index in [9.17, 15) is 14.4 Å². The van der Waals surface area contributed by atoms with Gasteiger partial charge in [-0.15, -0.1) is 0 Å². The number of piperazine rings is 1. The lowest BCUT2D eigenvalue weighted by molar-refractivity contribution is -0.137. The van der Waals surface area contributed by atoms with Crippen LogP contribution in [0.15, 0.2) is 41.3 Å². The predicted molar refractivity (Wildman–Crippen MR) is 145 cm³/mol. The van der Waals surface area contributed by atoms with Crippen LogP contribution in [0.25, 0.3) is 5.69 Å². The molecule has 2 fully saturated rings. The van der Waals surface area contributed by atoms with Gasteiger partial charge in [0.1, 0.15) is 5.82 Å². The van der Waals surface area contributed by atoms with E-state index in [2.05, 4.69) is 15.2 Å². The van der Waals surface area contributed by atoms with Crippen LogP contribution in [0.1, 0.15) is 32.3 Å². The van der Waals surface area contributed by atoms with Crippen molar-refractivity contribution >= 4 is 17.8 Å². The zero-order valence-corrected chi connectivity index (χ0v) is 22.2. The third kappa shape index (κ3) is 6.76. The van der Waals surface area contributed by atoms with E-state index in [1.807, 2.05) is 24.3 Å². The lowest BCUT2D eigenvalue weighted by Gasteiger charge is -2.37. The van der Waals surface area contributed by atoms with Crippen molar-refractivity contribution in [3.63, 3.8) is 0 Å². The van der Waals surface area contributed by atoms with Gasteiger partial charge in [-0.1, -0.05) is 12.1 Å². The molecule has 7 N–H and O–H groups in total. The van der Waals surface area contributed by atoms with Crippen LogP contribution in [0.3, 0.4) is 0 Å². The van der Waals surface area contributed by atoms with Crippen LogP contribution >= 0.6 is 0 Å². The number of carbonyl (C=O) groups excluding carboxylic acids is 2. The van der Waals surface area contributed by atoms with Crippen molar-refractivity contribution < 1.29 is 9.59 Å². The summed E-state index contributed by atoms with van der Waals surface area (Å²) in [6.07, 6.45) is 3.35. The van der Waals surface area contributed by atoms with Crippen molar-refractivity contribution in [1.82, 2.24) is 24.3 Å². The van der Waals surface area contributed by atoms with E-state index in [0.717, 1.165) is 38.0 Å². The molecule has 0 radical (unpaired) electrons. The molecule has 38 heavy (non-hydrogen) atoms. The second-order valence-corrected chi connectivity index (χ2v) is 10.8. The zero-order valence-electron chi connectivity index (χ0n) is 22.2. The minimum absolute atomic E-state index is 0.145. The van der Waals surface area contributed by atoms with Crippen LogP contribution in [-0.2, 0) is 11.3 Å². The van der Waals surface area contributed by atoms with Gasteiger partial charge in [0.05, 0.1) is 17.4 Å². The lowest BCUT2D eigenvalue weighted by Crippen LogP contribution is -2.58. The number of nitrogens with one attached hydrogen (secondary N) is 1. The average Bonchev–Trinajstić information content (AvgIpc) is 2.89. The first-order valence-corrected chi connectivity index (χ1v) is 13.1. The minimum Gasteiger partial charge on any atom is -0.338 e. The molecule has 2 aliphatic heterocycles. The Balaban J connectivity index is 1.30. The number of hydrogen-bond acceptors (Lipinski definition) is 8. The molecule has 0 atom stereocenters. The number of anilines is 1. The number of aromatic nitrogens is 2. The average molecular weight is 526 g/mol. The molecule has 0 spiro atoms. The van der Waals surface area contributed by atoms with Gasteiger partial charge in [0.25, 0.3) is 0 Å². The number of nitrogens with zero attached hydrogens (tertiary/aromatic N) is 5. The molecule has 0 saturated carbocycles. The van der Waals surface area contributed by atoms with Crippen LogP contribution in [0.2, 0.25) is 0 Å². The number of rotatable bonds is 6. The summed E-state index contributed by atoms with van der Waals surface area (Å²) in [5, 5.41) is 2.68. The van der Waals surface area contributed by atoms with E-state index in [4.69, 9.17) is 17.2 Å². The number of carbonyl (C=O) groups is 2. The highest BCUT2D eigenvalue weighted by Gasteiger charge is 2.31. The van der Waals surface area contributed by atoms with E-state index in [1.165, 1.54) is 4.57 Å². The summed E-state index contributed by atoms with van der Waals surface area (Å²) in [5.74, 6) is 0.411. The Bertz CT molecular complexity index is 1170. The van der Waals surface area contributed by atoms with Crippen molar-refractivity contribution in [1.29, 1.82) is 0 Å². The summed E-state index contributed by atoms with van der Waals surface area (Å²) in [6, 6.07) is 9.03. The number of benzene rings is 1. The molecule has 0 unspecified atom stereocenters. The van der Waals surface area contributed by atoms with Crippen LogP contribution in [-0.4, -0.2) is 87.2 Å². The first-order valence-electron chi connectivity index (χ1n) is 13.1. The van der Waals surface area contributed by atoms with Gasteiger partial charge >= 0.3 is 11.7 Å². The van der Waals surface area contributed by atoms with E-state index < -0.39 is 11.2 Å². The number of urea groups is 1. The largest absolute Gasteiger partial charge is 0.354 e. The van der Waals surface area contributed by atoms with Crippen LogP contribution < -0.4 is 28.2 Å². The molecule has 2 aliphatic rings. The first kappa shape index (κ1) is 27.7. The maximum atomic E-state index is 12.7. The SMILES string of the molecule is CC(C)(N)C(=O)N1CCN(C(=O)Nc2ccn(-c3ccc(CN4CCC(C(N)N)CC4)cc3)c(=O)n2)CC1. The third-order valence-electron chi connectivity index (χ3n) is 7.24. The second kappa shape index (κ2) is 11.6. The molecule has 0 bridgehead atoms. The van der Waals surface area contributed by atoms with E-state index in [1.54, 1.807) is 35.9 Å². The molecule has 3 heterocycles. The van der Waals surface area contributed by atoms with Gasteiger partial charge in [-0.3, -0.25) is 19.6 Å². The first-order chi connectivity index (χ1) is 18.0. The highest BCUT2D eigenvalue weighted by atomic mass is 16.2. The number of piperidine rings is 1. The Labute approximate surface area is 222 Å². The maximum absolute atomic E-state index is 12.7. The number of nitrogens with two attached hydrogens (primary N) is 3. The zero-order chi connectivity index (χ0) is 27.4. The molecular weight excluding hydrogens is 486 g/mol. The van der Waals surface area contributed by atoms with E-state index >= 15 is 0 Å². The summed E-state index contributed by atoms with van der Waals surface area (Å²) < 4.78 is 1.44. The Kier molecular flexibility index (Phi) is 8.46. The van der Waals surface area contributed by atoms with Crippen molar-refractivity contribution in [3.05, 3.63) is 52.6 Å². The highest BCUT2D eigenvalue weighted by molar-refractivity contribution is 5.89. The molecule has 3 amide bonds. The van der Waals surface area contributed by atoms with Gasteiger partial charge in [0, 0.05) is 38.9 Å². The van der Waals surface area contributed by atoms with Gasteiger partial charge in [-0.2, -0.15) is 4.98 Å². The summed E-state index contributed by atoms with van der Waals surface area (Å²) in [5.41, 5.74) is 18.0. The minimum atomic E-state index is -0.949. The topological polar surface area (TPSA) is 169 Å². The molecular formula is C26H39N9O3. The summed E-state index contributed by atoms with van der Waals surface area (Å²) >= 11 is 0. The summed E-state index contributed by atoms with van der Waals surface area (Å²) in [4.78, 5) is 47.4. The number of amides is 3. The molecule has 206 valence electrons. The van der Waals surface area contributed by atoms with Gasteiger partial charge in [0.15, 0.2) is 0 Å². The van der Waals surface area contributed by atoms with E-state index in [-0.39, 0.29) is 23.9 Å². The monoisotopic (exact) mass is 525 g/mol. The molecule has 1 aromatic carbocycles. The summed E-state index contributed by atoms with van der Waals surface area (Å²) in [7, 11) is 0. The fourth-order valence-corrected chi connectivity index (χ4v) is 4.89. The molecule has 0 aliphatic carbocycles. The van der Waals surface area contributed by atoms with Crippen LogP contribution in [0, 0.1) is 5.92 Å². The van der Waals surface area contributed by atoms with Crippen LogP contribution in [0.4, 0.5) is 10.6 Å². The van der Waals surface area contributed by atoms with Gasteiger partial charge in [-0.05, 0) is 69.5 Å². The number of hydrogen-bond donors (Lipinski definition) is 4. The standard InChI is InChI=1S/C26H39N9O3/c1-26(2,29)23(36)33-13-15-34(16-14-33)24(37)30-21-9-12-35(25(38)31-21)20-5-3-18(4-6-20)17-32-10-7-19(8-11-32)22(27)28/h3-6,9,12,19,22H,7-8,10-11,13-17,27-29H2,1-2H3,(H,30,31,37,38). The molecule has 12 nitrogen and oxygen atoms in total. The van der Waals surface area contributed by atoms with E-state index in [0.29, 0.717) is 37.8 Å². The molecule has 4 rings (SSSR count). The highest BCUT2D eigenvalue weighted by Crippen LogP contribution is 2.20. The smallest absolute Gasteiger partial charge is 0.338 e. The van der Waals surface area contributed by atoms with Gasteiger partial charge in [0.2, 0.25) is 5.91 Å². The van der Waals surface area contributed by atoms with Crippen molar-refractivity contribution in [3.8, 4) is 5.69 Å². The second-order valence-electron chi connectivity index (χ2n) is 10.8. The Hall–Kier alpha value is -3.32. The Morgan fingerprint density at radius 1 is 1.00 bits per heavy atom. The lowest BCUT2D eigenvalue weighted by atomic mass is 9.94. The fraction of sp³-hybridized carbons (Fsp3) is 0.538. The molecule has 12 heteroatoms. The molecule has 2 saturated heterocycles. The van der Waals surface area contributed by atoms with Gasteiger partial charge in [-0.25, -0.2) is 9.59 Å².